The van der Waals surface area contributed by atoms with Crippen LogP contribution in [0.5, 0.6) is 0 Å². The molecule has 2 rings (SSSR count). The minimum atomic E-state index is -0.189. The van der Waals surface area contributed by atoms with Crippen molar-refractivity contribution in [2.24, 2.45) is 5.84 Å². The number of aryl methyl sites for hydroxylation is 1. The molecule has 0 aliphatic rings. The molecular weight excluding hydrogens is 284 g/mol. The van der Waals surface area contributed by atoms with E-state index in [-0.39, 0.29) is 5.56 Å². The van der Waals surface area contributed by atoms with Crippen molar-refractivity contribution in [3.05, 3.63) is 28.2 Å². The summed E-state index contributed by atoms with van der Waals surface area (Å²) in [5, 5.41) is 1.73. The predicted molar refractivity (Wildman–Crippen MR) is 75.3 cm³/mol. The maximum Gasteiger partial charge on any atom is 0.251 e. The average molecular weight is 296 g/mol. The van der Waals surface area contributed by atoms with Crippen LogP contribution in [0.25, 0.3) is 0 Å². The highest BCUT2D eigenvalue weighted by Crippen LogP contribution is 2.25. The van der Waals surface area contributed by atoms with Gasteiger partial charge in [0, 0.05) is 17.8 Å². The van der Waals surface area contributed by atoms with Gasteiger partial charge < -0.3 is 10.4 Å². The van der Waals surface area contributed by atoms with Crippen molar-refractivity contribution in [3.63, 3.8) is 0 Å². The Morgan fingerprint density at radius 1 is 1.32 bits per heavy atom. The fourth-order valence-corrected chi connectivity index (χ4v) is 2.60. The van der Waals surface area contributed by atoms with E-state index in [0.29, 0.717) is 26.9 Å². The zero-order valence-electron chi connectivity index (χ0n) is 10.3. The number of nitrogens with zero attached hydrogens (tertiary/aromatic N) is 3. The van der Waals surface area contributed by atoms with E-state index in [4.69, 9.17) is 5.84 Å². The minimum Gasteiger partial charge on any atom is -0.308 e. The van der Waals surface area contributed by atoms with Gasteiger partial charge >= 0.3 is 0 Å². The van der Waals surface area contributed by atoms with Crippen LogP contribution in [0, 0.1) is 6.92 Å². The molecule has 0 radical (unpaired) electrons. The molecule has 19 heavy (non-hydrogen) atoms. The molecule has 4 N–H and O–H groups in total. The molecule has 0 amide bonds. The number of H-pyrrole nitrogens is 1. The van der Waals surface area contributed by atoms with Crippen LogP contribution in [0.1, 0.15) is 5.69 Å². The highest BCUT2D eigenvalue weighted by atomic mass is 32.2. The van der Waals surface area contributed by atoms with Crippen LogP contribution in [0.3, 0.4) is 0 Å². The fourth-order valence-electron chi connectivity index (χ4n) is 1.32. The molecule has 2 aromatic rings. The zero-order chi connectivity index (χ0) is 13.8. The Kier molecular flexibility index (Phi) is 4.40. The van der Waals surface area contributed by atoms with E-state index in [9.17, 15) is 4.79 Å². The Morgan fingerprint density at radius 3 is 2.74 bits per heavy atom. The molecule has 0 aliphatic carbocycles. The summed E-state index contributed by atoms with van der Waals surface area (Å²) in [7, 11) is 0. The van der Waals surface area contributed by atoms with Crippen molar-refractivity contribution in [1.82, 2.24) is 19.9 Å². The number of aromatic amines is 1. The molecule has 100 valence electrons. The van der Waals surface area contributed by atoms with Crippen LogP contribution in [0.2, 0.25) is 0 Å². The minimum absolute atomic E-state index is 0.189. The van der Waals surface area contributed by atoms with Gasteiger partial charge in [-0.25, -0.2) is 20.8 Å². The lowest BCUT2D eigenvalue weighted by Gasteiger charge is -2.05. The SMILES string of the molecule is CSc1nc(NN)cc(Sc2nc(C)cc(=O)[nH]2)n1. The lowest BCUT2D eigenvalue weighted by atomic mass is 10.5. The van der Waals surface area contributed by atoms with Crippen molar-refractivity contribution < 1.29 is 0 Å². The standard InChI is InChI=1S/C10H12N6OS2/c1-5-3-7(17)14-10(12-5)19-8-4-6(16-11)13-9(15-8)18-2/h3-4H,11H2,1-2H3,(H,12,14,17)(H,13,15,16). The van der Waals surface area contributed by atoms with E-state index in [1.54, 1.807) is 13.0 Å². The monoisotopic (exact) mass is 296 g/mol. The van der Waals surface area contributed by atoms with Gasteiger partial charge in [-0.1, -0.05) is 11.8 Å². The molecule has 0 unspecified atom stereocenters. The van der Waals surface area contributed by atoms with Crippen LogP contribution >= 0.6 is 23.5 Å². The molecule has 2 heterocycles. The van der Waals surface area contributed by atoms with Gasteiger partial charge in [0.25, 0.3) is 5.56 Å². The number of anilines is 1. The van der Waals surface area contributed by atoms with Crippen LogP contribution < -0.4 is 16.8 Å². The summed E-state index contributed by atoms with van der Waals surface area (Å²) in [5.74, 6) is 5.86. The first-order chi connectivity index (χ1) is 9.10. The Balaban J connectivity index is 2.34. The van der Waals surface area contributed by atoms with E-state index in [2.05, 4.69) is 25.4 Å². The lowest BCUT2D eigenvalue weighted by Crippen LogP contribution is -2.10. The van der Waals surface area contributed by atoms with Gasteiger partial charge in [0.15, 0.2) is 10.3 Å². The molecule has 7 nitrogen and oxygen atoms in total. The summed E-state index contributed by atoms with van der Waals surface area (Å²) < 4.78 is 0. The number of nitrogens with one attached hydrogen (secondary N) is 2. The van der Waals surface area contributed by atoms with Crippen molar-refractivity contribution in [3.8, 4) is 0 Å². The Hall–Kier alpha value is -1.58. The molecule has 0 aliphatic heterocycles. The second-order valence-electron chi connectivity index (χ2n) is 3.52. The summed E-state index contributed by atoms with van der Waals surface area (Å²) in [6.07, 6.45) is 1.87. The van der Waals surface area contributed by atoms with Crippen LogP contribution in [-0.4, -0.2) is 26.2 Å². The van der Waals surface area contributed by atoms with E-state index >= 15 is 0 Å². The maximum atomic E-state index is 11.4. The zero-order valence-corrected chi connectivity index (χ0v) is 11.9. The Bertz CT molecular complexity index is 622. The molecule has 0 spiro atoms. The average Bonchev–Trinajstić information content (AvgIpc) is 2.37. The van der Waals surface area contributed by atoms with E-state index in [1.807, 2.05) is 6.26 Å². The molecule has 9 heteroatoms. The largest absolute Gasteiger partial charge is 0.308 e. The number of hydrogen-bond acceptors (Lipinski definition) is 8. The predicted octanol–water partition coefficient (Wildman–Crippen LogP) is 1.03. The van der Waals surface area contributed by atoms with E-state index in [1.165, 1.54) is 29.6 Å². The topological polar surface area (TPSA) is 110 Å². The first-order valence-corrected chi connectivity index (χ1v) is 7.30. The number of nitrogen functional groups attached to an aromatic ring is 1. The van der Waals surface area contributed by atoms with Gasteiger partial charge in [-0.15, -0.1) is 0 Å². The quantitative estimate of drug-likeness (QED) is 0.252. The van der Waals surface area contributed by atoms with E-state index < -0.39 is 0 Å². The van der Waals surface area contributed by atoms with Gasteiger partial charge in [0.2, 0.25) is 0 Å². The Morgan fingerprint density at radius 2 is 2.11 bits per heavy atom. The summed E-state index contributed by atoms with van der Waals surface area (Å²) in [6, 6.07) is 3.12. The summed E-state index contributed by atoms with van der Waals surface area (Å²) in [4.78, 5) is 26.7. The first-order valence-electron chi connectivity index (χ1n) is 5.26. The molecule has 0 saturated heterocycles. The van der Waals surface area contributed by atoms with Crippen LogP contribution in [0.4, 0.5) is 5.82 Å². The molecule has 0 saturated carbocycles. The van der Waals surface area contributed by atoms with Crippen molar-refractivity contribution in [2.75, 3.05) is 11.7 Å². The smallest absolute Gasteiger partial charge is 0.251 e. The second kappa shape index (κ2) is 6.04. The maximum absolute atomic E-state index is 11.4. The molecule has 0 atom stereocenters. The van der Waals surface area contributed by atoms with Gasteiger partial charge in [-0.2, -0.15) is 0 Å². The lowest BCUT2D eigenvalue weighted by molar-refractivity contribution is 0.873. The van der Waals surface area contributed by atoms with Crippen LogP contribution in [0.15, 0.2) is 32.3 Å². The van der Waals surface area contributed by atoms with E-state index in [0.717, 1.165) is 0 Å². The summed E-state index contributed by atoms with van der Waals surface area (Å²) in [5.41, 5.74) is 2.95. The van der Waals surface area contributed by atoms with Gasteiger partial charge in [0.1, 0.15) is 10.8 Å². The second-order valence-corrected chi connectivity index (χ2v) is 5.30. The molecule has 2 aromatic heterocycles. The molecule has 0 aromatic carbocycles. The number of nitrogens with two attached hydrogens (primary N) is 1. The molecule has 0 bridgehead atoms. The number of aromatic nitrogens is 4. The third kappa shape index (κ3) is 3.69. The number of hydrogen-bond donors (Lipinski definition) is 3. The van der Waals surface area contributed by atoms with Crippen molar-refractivity contribution >= 4 is 29.3 Å². The van der Waals surface area contributed by atoms with Gasteiger partial charge in [0.05, 0.1) is 0 Å². The first kappa shape index (κ1) is 13.8. The van der Waals surface area contributed by atoms with Crippen molar-refractivity contribution in [2.45, 2.75) is 22.3 Å². The normalized spacial score (nSPS) is 10.5. The fraction of sp³-hybridized carbons (Fsp3) is 0.200. The number of rotatable bonds is 4. The summed E-state index contributed by atoms with van der Waals surface area (Å²) in [6.45, 7) is 1.76. The number of thioether (sulfide) groups is 1. The third-order valence-corrected chi connectivity index (χ3v) is 3.41. The van der Waals surface area contributed by atoms with Crippen LogP contribution in [-0.2, 0) is 0 Å². The molecular formula is C10H12N6OS2. The highest BCUT2D eigenvalue weighted by Gasteiger charge is 2.07. The third-order valence-electron chi connectivity index (χ3n) is 2.06. The molecule has 0 fully saturated rings. The summed E-state index contributed by atoms with van der Waals surface area (Å²) >= 11 is 2.65. The Labute approximate surface area is 117 Å². The number of hydrazine groups is 1. The van der Waals surface area contributed by atoms with Gasteiger partial charge in [-0.3, -0.25) is 4.79 Å². The highest BCUT2D eigenvalue weighted by molar-refractivity contribution is 7.99. The van der Waals surface area contributed by atoms with Crippen molar-refractivity contribution in [1.29, 1.82) is 0 Å². The van der Waals surface area contributed by atoms with Gasteiger partial charge in [-0.05, 0) is 24.9 Å².